The minimum absolute atomic E-state index is 0.0772. The van der Waals surface area contributed by atoms with Gasteiger partial charge in [-0.2, -0.15) is 4.98 Å². The molecule has 3 aromatic carbocycles. The van der Waals surface area contributed by atoms with E-state index in [9.17, 15) is 23.7 Å². The van der Waals surface area contributed by atoms with Gasteiger partial charge in [0.25, 0.3) is 11.8 Å². The molecule has 3 N–H and O–H groups in total. The summed E-state index contributed by atoms with van der Waals surface area (Å²) in [6.45, 7) is 13.4. The molecule has 0 spiro atoms. The van der Waals surface area contributed by atoms with Crippen molar-refractivity contribution in [3.05, 3.63) is 82.2 Å². The predicted molar refractivity (Wildman–Crippen MR) is 278 cm³/mol. The number of piperidine rings is 2. The van der Waals surface area contributed by atoms with Crippen LogP contribution in [-0.2, 0) is 14.2 Å². The maximum absolute atomic E-state index is 13.5. The second-order valence-corrected chi connectivity index (χ2v) is 23.1. The van der Waals surface area contributed by atoms with Crippen LogP contribution in [0.15, 0.2) is 65.5 Å². The molecule has 0 saturated carbocycles. The van der Waals surface area contributed by atoms with Gasteiger partial charge in [-0.05, 0) is 111 Å². The summed E-state index contributed by atoms with van der Waals surface area (Å²) in [5, 5.41) is 9.59. The Kier molecular flexibility index (Phi) is 15.3. The molecule has 3 fully saturated rings. The molecule has 5 aromatic rings. The monoisotopic (exact) mass is 1050 g/mol. The first-order chi connectivity index (χ1) is 34.3. The number of fused-ring (bicyclic) bond motifs is 2. The smallest absolute Gasteiger partial charge is 0.266 e. The van der Waals surface area contributed by atoms with Crippen LogP contribution in [0.4, 0.5) is 28.8 Å². The van der Waals surface area contributed by atoms with Crippen LogP contribution in [0.2, 0.25) is 0 Å². The van der Waals surface area contributed by atoms with Gasteiger partial charge in [0.15, 0.2) is 0 Å². The zero-order valence-corrected chi connectivity index (χ0v) is 43.2. The van der Waals surface area contributed by atoms with E-state index in [1.54, 1.807) is 57.2 Å². The van der Waals surface area contributed by atoms with E-state index < -0.39 is 36.8 Å². The fraction of sp³-hybridized carbons (Fsp3) is 0.451. The van der Waals surface area contributed by atoms with Gasteiger partial charge in [-0.3, -0.25) is 44.3 Å². The zero-order valence-electron chi connectivity index (χ0n) is 40.7. The molecule has 374 valence electrons. The Labute approximate surface area is 422 Å². The number of methoxy groups -OCH3 is 1. The third-order valence-electron chi connectivity index (χ3n) is 13.9. The molecule has 9 rings (SSSR count). The fourth-order valence-electron chi connectivity index (χ4n) is 10.3. The summed E-state index contributed by atoms with van der Waals surface area (Å²) in [6, 6.07) is 12.4. The van der Waals surface area contributed by atoms with E-state index in [-0.39, 0.29) is 24.0 Å². The molecule has 0 radical (unpaired) electrons. The second kappa shape index (κ2) is 21.8. The van der Waals surface area contributed by atoms with Crippen LogP contribution < -0.4 is 35.6 Å². The van der Waals surface area contributed by atoms with Gasteiger partial charge in [0.05, 0.1) is 51.5 Å². The van der Waals surface area contributed by atoms with Gasteiger partial charge >= 0.3 is 0 Å². The van der Waals surface area contributed by atoms with Crippen LogP contribution in [0.25, 0.3) is 11.0 Å². The predicted octanol–water partition coefficient (Wildman–Crippen LogP) is 7.25. The molecule has 4 amide bonds. The molecule has 71 heavy (non-hydrogen) atoms. The van der Waals surface area contributed by atoms with Crippen LogP contribution in [0.5, 0.6) is 11.5 Å². The van der Waals surface area contributed by atoms with Crippen molar-refractivity contribution in [3.63, 3.8) is 0 Å². The Morgan fingerprint density at radius 3 is 2.35 bits per heavy atom. The molecule has 6 heterocycles. The lowest BCUT2D eigenvalue weighted by Crippen LogP contribution is -2.54. The number of piperazine rings is 1. The third kappa shape index (κ3) is 11.1. The number of aryl methyl sites for hydroxylation is 1. The van der Waals surface area contributed by atoms with Gasteiger partial charge in [0.1, 0.15) is 36.0 Å². The highest BCUT2D eigenvalue weighted by atomic mass is 79.9. The van der Waals surface area contributed by atoms with Crippen molar-refractivity contribution in [2.24, 2.45) is 0 Å². The standard InChI is InChI=1S/C51H61BrN11O7P/c1-32-29-38(57-51-55-31-35(52)47(59-51)56-37-14-13-36-45(54-20-19-53-36)46(37)71(3,4)68)42(69-2)30-40(32)62-22-17-33(18-23-62)61-26-24-60(25-27-61)21-8-6-5-7-9-28-70-41-12-10-11-34-44(41)50(67)63(49(34)66)39-15-16-43(64)58-48(39)65/h10-14,19-20,29-31,33,39H,5-9,15-18,21-28H2,1-4H3,(H,58,64,65)(H2,55,56,57,59). The van der Waals surface area contributed by atoms with E-state index in [4.69, 9.17) is 14.5 Å². The van der Waals surface area contributed by atoms with Crippen LogP contribution in [0.1, 0.15) is 84.1 Å². The minimum atomic E-state index is -2.77. The number of imide groups is 2. The summed E-state index contributed by atoms with van der Waals surface area (Å²) in [5.41, 5.74) is 5.36. The molecule has 18 nitrogen and oxygen atoms in total. The minimum Gasteiger partial charge on any atom is -0.494 e. The van der Waals surface area contributed by atoms with Gasteiger partial charge in [-0.15, -0.1) is 0 Å². The number of nitrogens with zero attached hydrogens (tertiary/aromatic N) is 8. The number of halogens is 1. The summed E-state index contributed by atoms with van der Waals surface area (Å²) in [4.78, 5) is 77.5. The Balaban J connectivity index is 0.694. The van der Waals surface area contributed by atoms with Crippen molar-refractivity contribution in [1.29, 1.82) is 0 Å². The summed E-state index contributed by atoms with van der Waals surface area (Å²) in [7, 11) is -1.10. The van der Waals surface area contributed by atoms with Crippen molar-refractivity contribution in [2.75, 3.05) is 88.4 Å². The lowest BCUT2D eigenvalue weighted by molar-refractivity contribution is -0.136. The summed E-state index contributed by atoms with van der Waals surface area (Å²) < 4.78 is 26.1. The summed E-state index contributed by atoms with van der Waals surface area (Å²) in [5.74, 6) is -0.189. The number of carbonyl (C=O) groups excluding carboxylic acids is 4. The fourth-order valence-corrected chi connectivity index (χ4v) is 12.0. The number of benzene rings is 3. The van der Waals surface area contributed by atoms with Gasteiger partial charge < -0.3 is 34.5 Å². The highest BCUT2D eigenvalue weighted by molar-refractivity contribution is 9.10. The first kappa shape index (κ1) is 50.0. The maximum Gasteiger partial charge on any atom is 0.266 e. The quantitative estimate of drug-likeness (QED) is 0.0449. The molecular weight excluding hydrogens is 990 g/mol. The molecule has 3 saturated heterocycles. The highest BCUT2D eigenvalue weighted by Gasteiger charge is 2.46. The Bertz CT molecular complexity index is 2880. The largest absolute Gasteiger partial charge is 0.494 e. The molecule has 20 heteroatoms. The van der Waals surface area contributed by atoms with E-state index in [2.05, 4.69) is 80.6 Å². The number of nitrogens with one attached hydrogen (secondary N) is 3. The molecule has 4 aliphatic rings. The van der Waals surface area contributed by atoms with E-state index in [0.29, 0.717) is 62.4 Å². The normalized spacial score (nSPS) is 18.2. The highest BCUT2D eigenvalue weighted by Crippen LogP contribution is 2.42. The topological polar surface area (TPSA) is 204 Å². The van der Waals surface area contributed by atoms with Crippen LogP contribution >= 0.6 is 23.1 Å². The van der Waals surface area contributed by atoms with E-state index >= 15 is 0 Å². The molecule has 2 aromatic heterocycles. The van der Waals surface area contributed by atoms with Crippen LogP contribution in [0, 0.1) is 6.92 Å². The number of anilines is 5. The van der Waals surface area contributed by atoms with Gasteiger partial charge in [-0.25, -0.2) is 4.98 Å². The number of amides is 4. The molecule has 1 unspecified atom stereocenters. The van der Waals surface area contributed by atoms with E-state index in [1.165, 1.54) is 0 Å². The summed E-state index contributed by atoms with van der Waals surface area (Å²) in [6.07, 6.45) is 12.5. The van der Waals surface area contributed by atoms with E-state index in [0.717, 1.165) is 113 Å². The molecule has 1 atom stereocenters. The van der Waals surface area contributed by atoms with Crippen LogP contribution in [-0.4, -0.2) is 143 Å². The van der Waals surface area contributed by atoms with E-state index in [1.807, 2.05) is 12.1 Å². The molecule has 0 bridgehead atoms. The van der Waals surface area contributed by atoms with Gasteiger partial charge in [0, 0.05) is 82.1 Å². The summed E-state index contributed by atoms with van der Waals surface area (Å²) >= 11 is 3.59. The molecular formula is C51H61BrN11O7P. The van der Waals surface area contributed by atoms with Crippen molar-refractivity contribution in [2.45, 2.75) is 76.8 Å². The number of rotatable bonds is 18. The number of aromatic nitrogens is 4. The number of hydrogen-bond acceptors (Lipinski definition) is 16. The Morgan fingerprint density at radius 2 is 1.59 bits per heavy atom. The molecule has 0 aliphatic carbocycles. The number of hydrogen-bond donors (Lipinski definition) is 3. The SMILES string of the molecule is COc1cc(N2CCC(N3CCN(CCCCCCCOc4cccc5c4C(=O)N(C4CCC(=O)NC4=O)C5=O)CC3)CC2)c(C)cc1Nc1ncc(Br)c(Nc2ccc3nccnc3c2P(C)(C)=O)n1. The lowest BCUT2D eigenvalue weighted by atomic mass is 10.00. The Hall–Kier alpha value is -6.01. The first-order valence-electron chi connectivity index (χ1n) is 24.5. The number of carbonyl (C=O) groups is 4. The average Bonchev–Trinajstić information content (AvgIpc) is 3.61. The number of ether oxygens (including phenoxy) is 2. The maximum atomic E-state index is 13.5. The number of unbranched alkanes of at least 4 members (excludes halogenated alkanes) is 4. The van der Waals surface area contributed by atoms with Crippen molar-refractivity contribution in [3.8, 4) is 11.5 Å². The van der Waals surface area contributed by atoms with Crippen molar-refractivity contribution >= 4 is 91.9 Å². The van der Waals surface area contributed by atoms with Crippen molar-refractivity contribution in [1.82, 2.24) is 40.0 Å². The Morgan fingerprint density at radius 1 is 0.831 bits per heavy atom. The zero-order chi connectivity index (χ0) is 49.8. The lowest BCUT2D eigenvalue weighted by Gasteiger charge is -2.43. The van der Waals surface area contributed by atoms with Crippen LogP contribution in [0.3, 0.4) is 0 Å². The van der Waals surface area contributed by atoms with Gasteiger partial charge in [-0.1, -0.05) is 25.3 Å². The third-order valence-corrected chi connectivity index (χ3v) is 16.1. The van der Waals surface area contributed by atoms with Gasteiger partial charge in [0.2, 0.25) is 17.8 Å². The molecule has 4 aliphatic heterocycles. The second-order valence-electron chi connectivity index (χ2n) is 19.1. The first-order valence-corrected chi connectivity index (χ1v) is 27.9. The van der Waals surface area contributed by atoms with Crippen molar-refractivity contribution < 1.29 is 33.2 Å². The average molecular weight is 1050 g/mol.